The molecule has 7 nitrogen and oxygen atoms in total. The summed E-state index contributed by atoms with van der Waals surface area (Å²) in [5.41, 5.74) is 0.860. The molecule has 1 radical (unpaired) electrons. The summed E-state index contributed by atoms with van der Waals surface area (Å²) in [6, 6.07) is 15.6. The molecule has 0 heterocycles. The lowest BCUT2D eigenvalue weighted by molar-refractivity contribution is 0.163. The third-order valence-electron chi connectivity index (χ3n) is 3.22. The Balaban J connectivity index is 0.000000445. The van der Waals surface area contributed by atoms with Crippen molar-refractivity contribution in [3.05, 3.63) is 60.2 Å². The van der Waals surface area contributed by atoms with Crippen LogP contribution in [0.5, 0.6) is 11.5 Å². The van der Waals surface area contributed by atoms with E-state index in [2.05, 4.69) is 0 Å². The molecule has 0 spiro atoms. The SMILES string of the molecule is CC(C)c1ccccc1OP(=O)(O)Oc1ccccc1.CO[Si](OC)OC. The summed E-state index contributed by atoms with van der Waals surface area (Å²) in [4.78, 5) is 9.84. The van der Waals surface area contributed by atoms with E-state index in [9.17, 15) is 9.46 Å². The molecule has 1 N–H and O–H groups in total. The van der Waals surface area contributed by atoms with Crippen LogP contribution in [0, 0.1) is 0 Å². The van der Waals surface area contributed by atoms with Crippen LogP contribution in [-0.4, -0.2) is 35.8 Å². The summed E-state index contributed by atoms with van der Waals surface area (Å²) in [5, 5.41) is 0. The highest BCUT2D eigenvalue weighted by Gasteiger charge is 2.26. The molecule has 9 heteroatoms. The van der Waals surface area contributed by atoms with E-state index >= 15 is 0 Å². The van der Waals surface area contributed by atoms with Crippen LogP contribution in [0.3, 0.4) is 0 Å². The van der Waals surface area contributed by atoms with Crippen LogP contribution >= 0.6 is 7.82 Å². The molecular weight excluding hydrogens is 387 g/mol. The summed E-state index contributed by atoms with van der Waals surface area (Å²) < 4.78 is 36.4. The monoisotopic (exact) mass is 413 g/mol. The third kappa shape index (κ3) is 8.70. The Morgan fingerprint density at radius 2 is 1.37 bits per heavy atom. The number of phosphoric acid groups is 1. The van der Waals surface area contributed by atoms with Crippen molar-refractivity contribution < 1.29 is 31.8 Å². The number of phosphoric ester groups is 1. The second-order valence-corrected chi connectivity index (χ2v) is 8.55. The van der Waals surface area contributed by atoms with Gasteiger partial charge in [-0.2, -0.15) is 0 Å². The first-order valence-corrected chi connectivity index (χ1v) is 10.9. The zero-order valence-electron chi connectivity index (χ0n) is 16.1. The largest absolute Gasteiger partial charge is 0.584 e. The molecule has 1 unspecified atom stereocenters. The normalized spacial score (nSPS) is 12.9. The van der Waals surface area contributed by atoms with Crippen molar-refractivity contribution in [2.45, 2.75) is 19.8 Å². The second kappa shape index (κ2) is 11.9. The molecule has 0 bridgehead atoms. The van der Waals surface area contributed by atoms with Gasteiger partial charge in [0.15, 0.2) is 0 Å². The molecule has 0 aliphatic carbocycles. The van der Waals surface area contributed by atoms with Crippen molar-refractivity contribution in [1.82, 2.24) is 0 Å². The highest BCUT2D eigenvalue weighted by molar-refractivity contribution is 7.48. The summed E-state index contributed by atoms with van der Waals surface area (Å²) in [5.74, 6) is 0.840. The zero-order valence-corrected chi connectivity index (χ0v) is 18.0. The van der Waals surface area contributed by atoms with Crippen molar-refractivity contribution in [3.8, 4) is 11.5 Å². The Hall–Kier alpha value is -1.67. The lowest BCUT2D eigenvalue weighted by atomic mass is 10.0. The van der Waals surface area contributed by atoms with Crippen LogP contribution in [0.25, 0.3) is 0 Å². The first-order chi connectivity index (χ1) is 12.8. The molecule has 0 fully saturated rings. The molecule has 2 rings (SSSR count). The molecule has 0 amide bonds. The summed E-state index contributed by atoms with van der Waals surface area (Å²) in [6.45, 7) is 3.98. The average Bonchev–Trinajstić information content (AvgIpc) is 2.64. The molecule has 0 saturated carbocycles. The van der Waals surface area contributed by atoms with E-state index in [-0.39, 0.29) is 5.92 Å². The van der Waals surface area contributed by atoms with Crippen LogP contribution in [0.15, 0.2) is 54.6 Å². The van der Waals surface area contributed by atoms with Gasteiger partial charge in [0.2, 0.25) is 0 Å². The minimum absolute atomic E-state index is 0.183. The maximum atomic E-state index is 12.0. The van der Waals surface area contributed by atoms with Crippen molar-refractivity contribution in [1.29, 1.82) is 0 Å². The maximum absolute atomic E-state index is 12.0. The first kappa shape index (κ1) is 23.4. The van der Waals surface area contributed by atoms with E-state index in [1.165, 1.54) is 0 Å². The fourth-order valence-corrected chi connectivity index (χ4v) is 3.39. The fourth-order valence-electron chi connectivity index (χ4n) is 2.05. The van der Waals surface area contributed by atoms with Crippen molar-refractivity contribution in [3.63, 3.8) is 0 Å². The summed E-state index contributed by atoms with van der Waals surface area (Å²) >= 11 is 0. The summed E-state index contributed by atoms with van der Waals surface area (Å²) in [7, 11) is -0.895. The van der Waals surface area contributed by atoms with E-state index in [4.69, 9.17) is 22.3 Å². The Labute approximate surface area is 162 Å². The van der Waals surface area contributed by atoms with Gasteiger partial charge in [0.05, 0.1) is 0 Å². The lowest BCUT2D eigenvalue weighted by Gasteiger charge is -2.17. The molecule has 0 saturated heterocycles. The van der Waals surface area contributed by atoms with Crippen LogP contribution in [-0.2, 0) is 17.8 Å². The van der Waals surface area contributed by atoms with E-state index in [0.717, 1.165) is 5.56 Å². The van der Waals surface area contributed by atoms with Gasteiger partial charge in [-0.25, -0.2) is 4.57 Å². The number of para-hydroxylation sites is 2. The van der Waals surface area contributed by atoms with E-state index in [0.29, 0.717) is 11.5 Å². The zero-order chi connectivity index (χ0) is 20.3. The number of benzene rings is 2. The molecule has 149 valence electrons. The highest BCUT2D eigenvalue weighted by atomic mass is 31.2. The molecule has 2 aromatic rings. The molecule has 1 atom stereocenters. The maximum Gasteiger partial charge on any atom is 0.584 e. The minimum atomic E-state index is -4.20. The van der Waals surface area contributed by atoms with Gasteiger partial charge in [0.25, 0.3) is 0 Å². The molecule has 0 aromatic heterocycles. The molecule has 0 aliphatic rings. The molecule has 27 heavy (non-hydrogen) atoms. The Morgan fingerprint density at radius 3 is 1.85 bits per heavy atom. The standard InChI is InChI=1S/C15H17O4P.C3H9O3Si/c1-12(2)14-10-6-7-11-15(14)19-20(16,17)18-13-8-4-3-5-9-13;1-4-7(5-2)6-3/h3-12H,1-2H3,(H,16,17);1-3H3. The van der Waals surface area contributed by atoms with Crippen molar-refractivity contribution in [2.75, 3.05) is 21.3 Å². The van der Waals surface area contributed by atoms with Gasteiger partial charge >= 0.3 is 17.3 Å². The fraction of sp³-hybridized carbons (Fsp3) is 0.333. The molecule has 2 aromatic carbocycles. The third-order valence-corrected chi connectivity index (χ3v) is 5.09. The van der Waals surface area contributed by atoms with Gasteiger partial charge < -0.3 is 22.3 Å². The van der Waals surface area contributed by atoms with Gasteiger partial charge in [-0.05, 0) is 29.7 Å². The topological polar surface area (TPSA) is 83.5 Å². The molecule has 0 aliphatic heterocycles. The van der Waals surface area contributed by atoms with Gasteiger partial charge in [0.1, 0.15) is 11.5 Å². The second-order valence-electron chi connectivity index (χ2n) is 5.52. The van der Waals surface area contributed by atoms with Crippen molar-refractivity contribution >= 4 is 17.3 Å². The van der Waals surface area contributed by atoms with E-state index < -0.39 is 17.3 Å². The minimum Gasteiger partial charge on any atom is -0.395 e. The predicted molar refractivity (Wildman–Crippen MR) is 105 cm³/mol. The van der Waals surface area contributed by atoms with E-state index in [1.54, 1.807) is 63.8 Å². The van der Waals surface area contributed by atoms with Gasteiger partial charge in [-0.15, -0.1) is 0 Å². The summed E-state index contributed by atoms with van der Waals surface area (Å²) in [6.07, 6.45) is 0. The van der Waals surface area contributed by atoms with Gasteiger partial charge in [-0.3, -0.25) is 4.89 Å². The average molecular weight is 413 g/mol. The Morgan fingerprint density at radius 1 is 0.852 bits per heavy atom. The highest BCUT2D eigenvalue weighted by Crippen LogP contribution is 2.46. The van der Waals surface area contributed by atoms with E-state index in [1.807, 2.05) is 26.0 Å². The Bertz CT molecular complexity index is 702. The number of rotatable bonds is 8. The van der Waals surface area contributed by atoms with Gasteiger partial charge in [-0.1, -0.05) is 50.2 Å². The van der Waals surface area contributed by atoms with Crippen LogP contribution < -0.4 is 9.05 Å². The quantitative estimate of drug-likeness (QED) is 0.511. The number of hydrogen-bond donors (Lipinski definition) is 1. The lowest BCUT2D eigenvalue weighted by Crippen LogP contribution is -2.21. The predicted octanol–water partition coefficient (Wildman–Crippen LogP) is 4.28. The van der Waals surface area contributed by atoms with Crippen molar-refractivity contribution in [2.24, 2.45) is 0 Å². The number of hydrogen-bond acceptors (Lipinski definition) is 6. The smallest absolute Gasteiger partial charge is 0.395 e. The van der Waals surface area contributed by atoms with Crippen LogP contribution in [0.1, 0.15) is 25.3 Å². The van der Waals surface area contributed by atoms with Crippen LogP contribution in [0.2, 0.25) is 0 Å². The Kier molecular flexibility index (Phi) is 10.3. The first-order valence-electron chi connectivity index (χ1n) is 8.17. The van der Waals surface area contributed by atoms with Gasteiger partial charge in [0, 0.05) is 21.3 Å². The van der Waals surface area contributed by atoms with Crippen LogP contribution in [0.4, 0.5) is 0 Å². The molecular formula is C18H26O7PSi.